The van der Waals surface area contributed by atoms with E-state index in [1.165, 1.54) is 12.1 Å². The summed E-state index contributed by atoms with van der Waals surface area (Å²) in [7, 11) is 0. The van der Waals surface area contributed by atoms with Crippen molar-refractivity contribution in [3.05, 3.63) is 35.4 Å². The van der Waals surface area contributed by atoms with E-state index in [1.54, 1.807) is 12.1 Å². The highest BCUT2D eigenvalue weighted by Gasteiger charge is 2.28. The van der Waals surface area contributed by atoms with Crippen molar-refractivity contribution in [3.8, 4) is 0 Å². The van der Waals surface area contributed by atoms with Crippen LogP contribution in [0.25, 0.3) is 0 Å². The Morgan fingerprint density at radius 3 is 2.30 bits per heavy atom. The third-order valence-corrected chi connectivity index (χ3v) is 3.52. The molecule has 0 bridgehead atoms. The first-order valence-electron chi connectivity index (χ1n) is 6.99. The van der Waals surface area contributed by atoms with E-state index in [1.807, 2.05) is 13.8 Å². The van der Waals surface area contributed by atoms with Crippen molar-refractivity contribution in [2.24, 2.45) is 0 Å². The molecular formula is C16H22O4. The number of carboxylic acids is 1. The molecule has 20 heavy (non-hydrogen) atoms. The predicted octanol–water partition coefficient (Wildman–Crippen LogP) is 3.90. The fourth-order valence-corrected chi connectivity index (χ4v) is 1.98. The van der Waals surface area contributed by atoms with E-state index in [9.17, 15) is 9.59 Å². The Labute approximate surface area is 119 Å². The fourth-order valence-electron chi connectivity index (χ4n) is 1.98. The van der Waals surface area contributed by atoms with Crippen molar-refractivity contribution in [1.82, 2.24) is 0 Å². The van der Waals surface area contributed by atoms with E-state index >= 15 is 0 Å². The quantitative estimate of drug-likeness (QED) is 0.768. The molecule has 1 aromatic carbocycles. The summed E-state index contributed by atoms with van der Waals surface area (Å²) >= 11 is 0. The number of ether oxygens (including phenoxy) is 1. The molecule has 1 atom stereocenters. The van der Waals surface area contributed by atoms with E-state index in [4.69, 9.17) is 9.84 Å². The monoisotopic (exact) mass is 278 g/mol. The molecule has 0 aromatic heterocycles. The molecule has 0 unspecified atom stereocenters. The van der Waals surface area contributed by atoms with E-state index < -0.39 is 17.5 Å². The number of carboxylic acid groups (broad SMARTS) is 1. The number of unbranched alkanes of at least 4 members (excludes halogenated alkanes) is 1. The van der Waals surface area contributed by atoms with Crippen LogP contribution in [0.1, 0.15) is 67.2 Å². The largest absolute Gasteiger partial charge is 0.478 e. The molecule has 0 aliphatic rings. The van der Waals surface area contributed by atoms with Gasteiger partial charge in [0.2, 0.25) is 0 Å². The zero-order chi connectivity index (χ0) is 15.2. The Bertz CT molecular complexity index is 481. The van der Waals surface area contributed by atoms with Crippen molar-refractivity contribution >= 4 is 11.9 Å². The molecule has 0 saturated carbocycles. The lowest BCUT2D eigenvalue weighted by Crippen LogP contribution is -2.31. The molecule has 0 aliphatic heterocycles. The first-order chi connectivity index (χ1) is 9.43. The highest BCUT2D eigenvalue weighted by Crippen LogP contribution is 2.25. The van der Waals surface area contributed by atoms with Crippen LogP contribution >= 0.6 is 0 Å². The second-order valence-electron chi connectivity index (χ2n) is 5.15. The van der Waals surface area contributed by atoms with Gasteiger partial charge in [0.1, 0.15) is 5.60 Å². The number of benzene rings is 1. The maximum absolute atomic E-state index is 12.2. The van der Waals surface area contributed by atoms with Gasteiger partial charge >= 0.3 is 11.9 Å². The molecule has 0 spiro atoms. The topological polar surface area (TPSA) is 63.6 Å². The summed E-state index contributed by atoms with van der Waals surface area (Å²) in [6, 6.07) is 6.13. The van der Waals surface area contributed by atoms with Crippen molar-refractivity contribution < 1.29 is 19.4 Å². The molecule has 1 N–H and O–H groups in total. The number of hydrogen-bond acceptors (Lipinski definition) is 3. The average molecular weight is 278 g/mol. The van der Waals surface area contributed by atoms with Crippen LogP contribution in [-0.4, -0.2) is 22.6 Å². The van der Waals surface area contributed by atoms with Gasteiger partial charge in [-0.15, -0.1) is 0 Å². The van der Waals surface area contributed by atoms with Crippen LogP contribution < -0.4 is 0 Å². The molecule has 0 fully saturated rings. The number of rotatable bonds is 7. The second-order valence-corrected chi connectivity index (χ2v) is 5.15. The van der Waals surface area contributed by atoms with Gasteiger partial charge in [-0.05, 0) is 38.3 Å². The van der Waals surface area contributed by atoms with Gasteiger partial charge < -0.3 is 9.84 Å². The molecule has 0 radical (unpaired) electrons. The van der Waals surface area contributed by atoms with Crippen LogP contribution in [0.4, 0.5) is 0 Å². The summed E-state index contributed by atoms with van der Waals surface area (Å²) < 4.78 is 5.56. The third kappa shape index (κ3) is 4.08. The Morgan fingerprint density at radius 1 is 1.20 bits per heavy atom. The van der Waals surface area contributed by atoms with Gasteiger partial charge in [-0.1, -0.05) is 32.4 Å². The molecule has 0 amide bonds. The molecule has 1 aromatic rings. The van der Waals surface area contributed by atoms with Crippen LogP contribution in [0.5, 0.6) is 0 Å². The number of carbonyl (C=O) groups excluding carboxylic acids is 1. The van der Waals surface area contributed by atoms with E-state index in [0.29, 0.717) is 6.42 Å². The Balaban J connectivity index is 2.93. The SMILES string of the molecule is CCCC[C@@](C)(CC)OC(=O)c1ccccc1C(=O)O. The van der Waals surface area contributed by atoms with Crippen LogP contribution in [0.15, 0.2) is 24.3 Å². The number of esters is 1. The summed E-state index contributed by atoms with van der Waals surface area (Å²) in [5.41, 5.74) is -0.457. The van der Waals surface area contributed by atoms with Crippen molar-refractivity contribution in [2.45, 2.75) is 52.1 Å². The predicted molar refractivity (Wildman–Crippen MR) is 77.0 cm³/mol. The zero-order valence-electron chi connectivity index (χ0n) is 12.3. The molecule has 0 saturated heterocycles. The lowest BCUT2D eigenvalue weighted by atomic mass is 9.95. The van der Waals surface area contributed by atoms with E-state index in [2.05, 4.69) is 6.92 Å². The smallest absolute Gasteiger partial charge is 0.339 e. The van der Waals surface area contributed by atoms with Gasteiger partial charge in [0, 0.05) is 0 Å². The maximum atomic E-state index is 12.2. The number of aromatic carboxylic acids is 1. The normalized spacial score (nSPS) is 13.6. The minimum atomic E-state index is -1.12. The number of hydrogen-bond donors (Lipinski definition) is 1. The van der Waals surface area contributed by atoms with Crippen LogP contribution in [0.2, 0.25) is 0 Å². The van der Waals surface area contributed by atoms with E-state index in [-0.39, 0.29) is 11.1 Å². The standard InChI is InChI=1S/C16H22O4/c1-4-6-11-16(3,5-2)20-15(19)13-10-8-7-9-12(13)14(17)18/h7-10H,4-6,11H2,1-3H3,(H,17,18)/t16-/m1/s1. The fraction of sp³-hybridized carbons (Fsp3) is 0.500. The maximum Gasteiger partial charge on any atom is 0.339 e. The lowest BCUT2D eigenvalue weighted by molar-refractivity contribution is -0.0165. The molecule has 110 valence electrons. The minimum Gasteiger partial charge on any atom is -0.478 e. The Morgan fingerprint density at radius 2 is 1.80 bits per heavy atom. The molecule has 4 heteroatoms. The van der Waals surface area contributed by atoms with Gasteiger partial charge in [0.15, 0.2) is 0 Å². The van der Waals surface area contributed by atoms with Gasteiger partial charge in [-0.25, -0.2) is 9.59 Å². The highest BCUT2D eigenvalue weighted by atomic mass is 16.6. The lowest BCUT2D eigenvalue weighted by Gasteiger charge is -2.28. The summed E-state index contributed by atoms with van der Waals surface area (Å²) in [4.78, 5) is 23.3. The zero-order valence-corrected chi connectivity index (χ0v) is 12.3. The van der Waals surface area contributed by atoms with Gasteiger partial charge in [-0.2, -0.15) is 0 Å². The Hall–Kier alpha value is -1.84. The molecule has 4 nitrogen and oxygen atoms in total. The summed E-state index contributed by atoms with van der Waals surface area (Å²) in [6.07, 6.45) is 3.48. The Kier molecular flexibility index (Phi) is 5.74. The molecule has 0 heterocycles. The molecular weight excluding hydrogens is 256 g/mol. The number of carbonyl (C=O) groups is 2. The molecule has 0 aliphatic carbocycles. The summed E-state index contributed by atoms with van der Waals surface area (Å²) in [6.45, 7) is 5.94. The first-order valence-corrected chi connectivity index (χ1v) is 6.99. The van der Waals surface area contributed by atoms with Gasteiger partial charge in [0.25, 0.3) is 0 Å². The van der Waals surface area contributed by atoms with Crippen molar-refractivity contribution in [2.75, 3.05) is 0 Å². The van der Waals surface area contributed by atoms with Crippen LogP contribution in [-0.2, 0) is 4.74 Å². The average Bonchev–Trinajstić information content (AvgIpc) is 2.45. The first kappa shape index (κ1) is 16.2. The summed E-state index contributed by atoms with van der Waals surface area (Å²) in [5.74, 6) is -1.69. The molecule has 1 rings (SSSR count). The highest BCUT2D eigenvalue weighted by molar-refractivity contribution is 6.02. The third-order valence-electron chi connectivity index (χ3n) is 3.52. The summed E-state index contributed by atoms with van der Waals surface area (Å²) in [5, 5.41) is 9.10. The van der Waals surface area contributed by atoms with Gasteiger partial charge in [-0.3, -0.25) is 0 Å². The van der Waals surface area contributed by atoms with Crippen LogP contribution in [0, 0.1) is 0 Å². The minimum absolute atomic E-state index is 0.0218. The second kappa shape index (κ2) is 7.08. The van der Waals surface area contributed by atoms with Gasteiger partial charge in [0.05, 0.1) is 11.1 Å². The van der Waals surface area contributed by atoms with Crippen molar-refractivity contribution in [3.63, 3.8) is 0 Å². The van der Waals surface area contributed by atoms with E-state index in [0.717, 1.165) is 19.3 Å². The van der Waals surface area contributed by atoms with Crippen molar-refractivity contribution in [1.29, 1.82) is 0 Å². The van der Waals surface area contributed by atoms with Crippen LogP contribution in [0.3, 0.4) is 0 Å².